The van der Waals surface area contributed by atoms with Crippen LogP contribution in [-0.2, 0) is 9.59 Å². The van der Waals surface area contributed by atoms with E-state index in [0.29, 0.717) is 17.2 Å². The Morgan fingerprint density at radius 1 is 1.08 bits per heavy atom. The van der Waals surface area contributed by atoms with E-state index in [9.17, 15) is 9.59 Å². The van der Waals surface area contributed by atoms with Gasteiger partial charge in [-0.3, -0.25) is 9.59 Å². The molecule has 2 rings (SSSR count). The van der Waals surface area contributed by atoms with E-state index in [-0.39, 0.29) is 18.4 Å². The van der Waals surface area contributed by atoms with Crippen LogP contribution in [0.2, 0.25) is 0 Å². The quantitative estimate of drug-likeness (QED) is 0.876. The monoisotopic (exact) mass is 342 g/mol. The van der Waals surface area contributed by atoms with Gasteiger partial charge in [0, 0.05) is 25.3 Å². The predicted molar refractivity (Wildman–Crippen MR) is 97.4 cm³/mol. The number of nitrogens with zero attached hydrogens (tertiary/aromatic N) is 1. The molecule has 1 N–H and O–H groups in total. The highest BCUT2D eigenvalue weighted by Crippen LogP contribution is 2.27. The summed E-state index contributed by atoms with van der Waals surface area (Å²) in [7, 11) is 3.25. The van der Waals surface area contributed by atoms with Gasteiger partial charge in [-0.25, -0.2) is 0 Å². The third-order valence-electron chi connectivity index (χ3n) is 3.69. The normalized spacial score (nSPS) is 10.1. The molecule has 132 valence electrons. The largest absolute Gasteiger partial charge is 0.493 e. The lowest BCUT2D eigenvalue weighted by atomic mass is 10.2. The Morgan fingerprint density at radius 3 is 2.36 bits per heavy atom. The number of rotatable bonds is 6. The molecule has 2 amide bonds. The maximum atomic E-state index is 12.0. The van der Waals surface area contributed by atoms with Crippen molar-refractivity contribution in [3.8, 4) is 11.5 Å². The van der Waals surface area contributed by atoms with Crippen LogP contribution < -0.4 is 19.7 Å². The van der Waals surface area contributed by atoms with E-state index in [1.807, 2.05) is 19.1 Å². The number of ether oxygens (including phenoxy) is 2. The molecule has 25 heavy (non-hydrogen) atoms. The van der Waals surface area contributed by atoms with Crippen molar-refractivity contribution in [2.45, 2.75) is 13.8 Å². The number of benzene rings is 2. The molecule has 0 aromatic heterocycles. The minimum absolute atomic E-state index is 0.0581. The molecule has 2 aromatic carbocycles. The van der Waals surface area contributed by atoms with Crippen LogP contribution in [-0.4, -0.2) is 32.6 Å². The lowest BCUT2D eigenvalue weighted by Crippen LogP contribution is -2.23. The molecule has 0 atom stereocenters. The number of nitrogens with one attached hydrogen (secondary N) is 1. The molecule has 0 heterocycles. The molecule has 0 radical (unpaired) electrons. The van der Waals surface area contributed by atoms with Gasteiger partial charge in [-0.1, -0.05) is 6.07 Å². The summed E-state index contributed by atoms with van der Waals surface area (Å²) in [6.45, 7) is 3.31. The summed E-state index contributed by atoms with van der Waals surface area (Å²) in [4.78, 5) is 24.9. The number of aryl methyl sites for hydroxylation is 1. The summed E-state index contributed by atoms with van der Waals surface area (Å²) in [6.07, 6.45) is 0. The van der Waals surface area contributed by atoms with E-state index in [2.05, 4.69) is 5.32 Å². The van der Waals surface area contributed by atoms with Gasteiger partial charge in [0.1, 0.15) is 0 Å². The summed E-state index contributed by atoms with van der Waals surface area (Å²) in [5, 5.41) is 2.75. The van der Waals surface area contributed by atoms with Crippen molar-refractivity contribution in [1.29, 1.82) is 0 Å². The SMILES string of the molecule is COc1cc(C)ccc1OCC(=O)Nc1ccc(N(C)C(C)=O)cc1. The molecular formula is C19H22N2O4. The third kappa shape index (κ3) is 4.97. The Labute approximate surface area is 147 Å². The smallest absolute Gasteiger partial charge is 0.262 e. The van der Waals surface area contributed by atoms with Crippen molar-refractivity contribution >= 4 is 23.2 Å². The average molecular weight is 342 g/mol. The standard InChI is InChI=1S/C19H22N2O4/c1-13-5-10-17(18(11-13)24-4)25-12-19(23)20-15-6-8-16(9-7-15)21(3)14(2)22/h5-11H,12H2,1-4H3,(H,20,23). The number of amides is 2. The Hall–Kier alpha value is -3.02. The van der Waals surface area contributed by atoms with Crippen LogP contribution in [0.1, 0.15) is 12.5 Å². The molecule has 0 aliphatic heterocycles. The van der Waals surface area contributed by atoms with Crippen LogP contribution in [0, 0.1) is 6.92 Å². The van der Waals surface area contributed by atoms with Gasteiger partial charge in [0.05, 0.1) is 7.11 Å². The first-order chi connectivity index (χ1) is 11.9. The number of methoxy groups -OCH3 is 1. The first kappa shape index (κ1) is 18.3. The maximum Gasteiger partial charge on any atom is 0.262 e. The van der Waals surface area contributed by atoms with E-state index in [0.717, 1.165) is 11.3 Å². The van der Waals surface area contributed by atoms with Crippen molar-refractivity contribution in [2.24, 2.45) is 0 Å². The Bertz CT molecular complexity index is 757. The van der Waals surface area contributed by atoms with Gasteiger partial charge in [0.15, 0.2) is 18.1 Å². The summed E-state index contributed by atoms with van der Waals surface area (Å²) >= 11 is 0. The Balaban J connectivity index is 1.93. The van der Waals surface area contributed by atoms with Crippen molar-refractivity contribution in [1.82, 2.24) is 0 Å². The fraction of sp³-hybridized carbons (Fsp3) is 0.263. The zero-order chi connectivity index (χ0) is 18.4. The highest BCUT2D eigenvalue weighted by Gasteiger charge is 2.09. The first-order valence-corrected chi connectivity index (χ1v) is 7.82. The molecule has 0 saturated heterocycles. The van der Waals surface area contributed by atoms with Crippen molar-refractivity contribution in [3.63, 3.8) is 0 Å². The molecule has 6 heteroatoms. The number of anilines is 2. The number of hydrogen-bond donors (Lipinski definition) is 1. The molecule has 0 bridgehead atoms. The minimum Gasteiger partial charge on any atom is -0.493 e. The van der Waals surface area contributed by atoms with Gasteiger partial charge < -0.3 is 19.7 Å². The summed E-state index contributed by atoms with van der Waals surface area (Å²) in [5.41, 5.74) is 2.43. The van der Waals surface area contributed by atoms with E-state index < -0.39 is 0 Å². The lowest BCUT2D eigenvalue weighted by Gasteiger charge is -2.15. The molecule has 0 unspecified atom stereocenters. The van der Waals surface area contributed by atoms with Gasteiger partial charge >= 0.3 is 0 Å². The number of carbonyl (C=O) groups is 2. The molecule has 0 fully saturated rings. The maximum absolute atomic E-state index is 12.0. The highest BCUT2D eigenvalue weighted by molar-refractivity contribution is 5.93. The van der Waals surface area contributed by atoms with Crippen LogP contribution in [0.4, 0.5) is 11.4 Å². The van der Waals surface area contributed by atoms with Crippen LogP contribution in [0.25, 0.3) is 0 Å². The summed E-state index contributed by atoms with van der Waals surface area (Å²) in [6, 6.07) is 12.5. The van der Waals surface area contributed by atoms with Crippen LogP contribution in [0.15, 0.2) is 42.5 Å². The second kappa shape index (κ2) is 8.19. The van der Waals surface area contributed by atoms with Crippen molar-refractivity contribution in [2.75, 3.05) is 31.0 Å². The van der Waals surface area contributed by atoms with Crippen LogP contribution in [0.3, 0.4) is 0 Å². The highest BCUT2D eigenvalue weighted by atomic mass is 16.5. The second-order valence-electron chi connectivity index (χ2n) is 5.62. The van der Waals surface area contributed by atoms with Gasteiger partial charge in [0.2, 0.25) is 5.91 Å². The topological polar surface area (TPSA) is 67.9 Å². The van der Waals surface area contributed by atoms with Gasteiger partial charge in [-0.05, 0) is 48.9 Å². The molecule has 0 aliphatic carbocycles. The van der Waals surface area contributed by atoms with E-state index in [4.69, 9.17) is 9.47 Å². The fourth-order valence-corrected chi connectivity index (χ4v) is 2.18. The molecule has 0 spiro atoms. The zero-order valence-electron chi connectivity index (χ0n) is 14.8. The zero-order valence-corrected chi connectivity index (χ0v) is 14.8. The summed E-state index contributed by atoms with van der Waals surface area (Å²) < 4.78 is 10.8. The number of carbonyl (C=O) groups excluding carboxylic acids is 2. The fourth-order valence-electron chi connectivity index (χ4n) is 2.18. The lowest BCUT2D eigenvalue weighted by molar-refractivity contribution is -0.118. The van der Waals surface area contributed by atoms with Crippen LogP contribution >= 0.6 is 0 Å². The van der Waals surface area contributed by atoms with Gasteiger partial charge in [-0.15, -0.1) is 0 Å². The molecule has 2 aromatic rings. The molecular weight excluding hydrogens is 320 g/mol. The number of hydrogen-bond acceptors (Lipinski definition) is 4. The van der Waals surface area contributed by atoms with Gasteiger partial charge in [-0.2, -0.15) is 0 Å². The average Bonchev–Trinajstić information content (AvgIpc) is 2.60. The molecule has 6 nitrogen and oxygen atoms in total. The third-order valence-corrected chi connectivity index (χ3v) is 3.69. The van der Waals surface area contributed by atoms with Gasteiger partial charge in [0.25, 0.3) is 5.91 Å². The van der Waals surface area contributed by atoms with E-state index >= 15 is 0 Å². The molecule has 0 aliphatic rings. The Kier molecular flexibility index (Phi) is 6.00. The Morgan fingerprint density at radius 2 is 1.76 bits per heavy atom. The predicted octanol–water partition coefficient (Wildman–Crippen LogP) is 3.00. The van der Waals surface area contributed by atoms with Crippen molar-refractivity contribution < 1.29 is 19.1 Å². The summed E-state index contributed by atoms with van der Waals surface area (Å²) in [5.74, 6) is 0.763. The second-order valence-corrected chi connectivity index (χ2v) is 5.62. The minimum atomic E-state index is -0.282. The molecule has 0 saturated carbocycles. The van der Waals surface area contributed by atoms with Crippen LogP contribution in [0.5, 0.6) is 11.5 Å². The van der Waals surface area contributed by atoms with Crippen molar-refractivity contribution in [3.05, 3.63) is 48.0 Å². The van der Waals surface area contributed by atoms with E-state index in [1.54, 1.807) is 44.5 Å². The first-order valence-electron chi connectivity index (χ1n) is 7.82. The van der Waals surface area contributed by atoms with E-state index in [1.165, 1.54) is 11.8 Å².